The van der Waals surface area contributed by atoms with Gasteiger partial charge < -0.3 is 19.5 Å². The lowest BCUT2D eigenvalue weighted by molar-refractivity contribution is -0.142. The van der Waals surface area contributed by atoms with E-state index in [4.69, 9.17) is 9.47 Å². The van der Waals surface area contributed by atoms with Crippen LogP contribution in [-0.4, -0.2) is 38.0 Å². The summed E-state index contributed by atoms with van der Waals surface area (Å²) < 4.78 is 15.1. The van der Waals surface area contributed by atoms with E-state index >= 15 is 0 Å². The van der Waals surface area contributed by atoms with Crippen LogP contribution in [0.2, 0.25) is 0 Å². The summed E-state index contributed by atoms with van der Waals surface area (Å²) in [6, 6.07) is 14.4. The second-order valence-electron chi connectivity index (χ2n) is 5.13. The van der Waals surface area contributed by atoms with Crippen LogP contribution in [0.25, 0.3) is 0 Å². The maximum Gasteiger partial charge on any atom is 0.343 e. The zero-order valence-corrected chi connectivity index (χ0v) is 15.5. The number of carbonyl (C=O) groups is 2. The van der Waals surface area contributed by atoms with Gasteiger partial charge in [0.25, 0.3) is 0 Å². The average Bonchev–Trinajstić information content (AvgIpc) is 2.67. The summed E-state index contributed by atoms with van der Waals surface area (Å²) in [6.07, 6.45) is 0. The van der Waals surface area contributed by atoms with Gasteiger partial charge in [0.15, 0.2) is 6.61 Å². The quantitative estimate of drug-likeness (QED) is 0.535. The van der Waals surface area contributed by atoms with Gasteiger partial charge in [0.1, 0.15) is 11.5 Å². The van der Waals surface area contributed by atoms with Gasteiger partial charge in [-0.2, -0.15) is 0 Å². The average molecular weight is 375 g/mol. The molecule has 6 nitrogen and oxygen atoms in total. The summed E-state index contributed by atoms with van der Waals surface area (Å²) in [4.78, 5) is 24.1. The van der Waals surface area contributed by atoms with Crippen LogP contribution in [0, 0.1) is 0 Å². The second-order valence-corrected chi connectivity index (χ2v) is 6.18. The molecular weight excluding hydrogens is 354 g/mol. The number of anilines is 1. The molecule has 2 rings (SSSR count). The van der Waals surface area contributed by atoms with E-state index in [-0.39, 0.29) is 12.5 Å². The summed E-state index contributed by atoms with van der Waals surface area (Å²) in [5.74, 6) is 1.09. The minimum atomic E-state index is -0.450. The van der Waals surface area contributed by atoms with Crippen molar-refractivity contribution in [2.24, 2.45) is 0 Å². The first-order chi connectivity index (χ1) is 12.6. The van der Waals surface area contributed by atoms with Crippen molar-refractivity contribution in [1.29, 1.82) is 0 Å². The Labute approximate surface area is 156 Å². The van der Waals surface area contributed by atoms with Crippen LogP contribution in [0.15, 0.2) is 53.4 Å². The molecule has 138 valence electrons. The summed E-state index contributed by atoms with van der Waals surface area (Å²) >= 11 is 1.45. The number of hydrogen-bond acceptors (Lipinski definition) is 6. The molecular formula is C19H21NO5S. The molecule has 2 aromatic carbocycles. The number of methoxy groups -OCH3 is 1. The highest BCUT2D eigenvalue weighted by Gasteiger charge is 2.06. The Kier molecular flexibility index (Phi) is 7.82. The van der Waals surface area contributed by atoms with E-state index < -0.39 is 5.97 Å². The Balaban J connectivity index is 1.77. The number of esters is 1. The highest BCUT2D eigenvalue weighted by atomic mass is 32.2. The molecule has 2 aromatic rings. The minimum absolute atomic E-state index is 0.105. The molecule has 7 heteroatoms. The van der Waals surface area contributed by atoms with Gasteiger partial charge in [0.05, 0.1) is 19.5 Å². The smallest absolute Gasteiger partial charge is 0.343 e. The Morgan fingerprint density at radius 2 is 1.58 bits per heavy atom. The lowest BCUT2D eigenvalue weighted by Gasteiger charge is -2.08. The van der Waals surface area contributed by atoms with Crippen LogP contribution < -0.4 is 14.8 Å². The van der Waals surface area contributed by atoms with Crippen LogP contribution in [-0.2, 0) is 14.3 Å². The van der Waals surface area contributed by atoms with E-state index in [2.05, 4.69) is 10.1 Å². The third-order valence-corrected chi connectivity index (χ3v) is 4.24. The molecule has 0 aliphatic rings. The van der Waals surface area contributed by atoms with E-state index in [9.17, 15) is 9.59 Å². The molecule has 0 fully saturated rings. The monoisotopic (exact) mass is 375 g/mol. The second kappa shape index (κ2) is 10.4. The summed E-state index contributed by atoms with van der Waals surface area (Å²) in [7, 11) is 1.30. The van der Waals surface area contributed by atoms with Gasteiger partial charge in [0.2, 0.25) is 5.91 Å². The first-order valence-corrected chi connectivity index (χ1v) is 9.04. The van der Waals surface area contributed by atoms with E-state index in [0.29, 0.717) is 23.8 Å². The van der Waals surface area contributed by atoms with Crippen molar-refractivity contribution in [3.63, 3.8) is 0 Å². The number of ether oxygens (including phenoxy) is 3. The molecule has 0 aromatic heterocycles. The molecule has 26 heavy (non-hydrogen) atoms. The fraction of sp³-hybridized carbons (Fsp3) is 0.263. The predicted octanol–water partition coefficient (Wildman–Crippen LogP) is 3.37. The van der Waals surface area contributed by atoms with E-state index in [0.717, 1.165) is 10.6 Å². The Hall–Kier alpha value is -2.67. The normalized spacial score (nSPS) is 10.1. The van der Waals surface area contributed by atoms with E-state index in [1.165, 1.54) is 18.9 Å². The number of hydrogen-bond donors (Lipinski definition) is 1. The standard InChI is InChI=1S/C19H21NO5S/c1-3-24-15-8-10-17(11-9-15)26-13-18(21)20-14-4-6-16(7-5-14)25-12-19(22)23-2/h4-11H,3,12-13H2,1-2H3,(H,20,21). The van der Waals surface area contributed by atoms with Crippen molar-refractivity contribution in [2.45, 2.75) is 11.8 Å². The number of nitrogens with one attached hydrogen (secondary N) is 1. The highest BCUT2D eigenvalue weighted by Crippen LogP contribution is 2.22. The van der Waals surface area contributed by atoms with Crippen molar-refractivity contribution >= 4 is 29.3 Å². The maximum atomic E-state index is 12.0. The molecule has 0 saturated carbocycles. The van der Waals surface area contributed by atoms with Gasteiger partial charge in [-0.25, -0.2) is 4.79 Å². The molecule has 0 unspecified atom stereocenters. The molecule has 0 atom stereocenters. The summed E-state index contributed by atoms with van der Waals surface area (Å²) in [6.45, 7) is 2.41. The Bertz CT molecular complexity index is 716. The lowest BCUT2D eigenvalue weighted by Crippen LogP contribution is -2.14. The molecule has 0 heterocycles. The fourth-order valence-corrected chi connectivity index (χ4v) is 2.68. The number of thioether (sulfide) groups is 1. The fourth-order valence-electron chi connectivity index (χ4n) is 1.98. The van der Waals surface area contributed by atoms with Crippen molar-refractivity contribution in [1.82, 2.24) is 0 Å². The van der Waals surface area contributed by atoms with Crippen molar-refractivity contribution in [3.05, 3.63) is 48.5 Å². The number of carbonyl (C=O) groups excluding carboxylic acids is 2. The summed E-state index contributed by atoms with van der Waals surface area (Å²) in [5.41, 5.74) is 0.660. The third-order valence-electron chi connectivity index (χ3n) is 3.23. The first kappa shape index (κ1) is 19.7. The van der Waals surface area contributed by atoms with Gasteiger partial charge in [-0.15, -0.1) is 11.8 Å². The van der Waals surface area contributed by atoms with Crippen LogP contribution >= 0.6 is 11.8 Å². The van der Waals surface area contributed by atoms with Crippen LogP contribution in [0.1, 0.15) is 6.92 Å². The van der Waals surface area contributed by atoms with Crippen LogP contribution in [0.5, 0.6) is 11.5 Å². The molecule has 0 aliphatic carbocycles. The van der Waals surface area contributed by atoms with Crippen molar-refractivity contribution in [3.8, 4) is 11.5 Å². The third kappa shape index (κ3) is 6.68. The van der Waals surface area contributed by atoms with E-state index in [1.54, 1.807) is 24.3 Å². The van der Waals surface area contributed by atoms with Gasteiger partial charge >= 0.3 is 5.97 Å². The molecule has 0 bridgehead atoms. The van der Waals surface area contributed by atoms with Crippen molar-refractivity contribution in [2.75, 3.05) is 31.4 Å². The molecule has 1 amide bonds. The van der Waals surface area contributed by atoms with Gasteiger partial charge in [-0.05, 0) is 55.5 Å². The number of benzene rings is 2. The van der Waals surface area contributed by atoms with Crippen LogP contribution in [0.4, 0.5) is 5.69 Å². The first-order valence-electron chi connectivity index (χ1n) is 8.06. The summed E-state index contributed by atoms with van der Waals surface area (Å²) in [5, 5.41) is 2.82. The Morgan fingerprint density at radius 1 is 0.962 bits per heavy atom. The number of amides is 1. The Morgan fingerprint density at radius 3 is 2.19 bits per heavy atom. The largest absolute Gasteiger partial charge is 0.494 e. The topological polar surface area (TPSA) is 73.9 Å². The van der Waals surface area contributed by atoms with Gasteiger partial charge in [0, 0.05) is 10.6 Å². The minimum Gasteiger partial charge on any atom is -0.494 e. The molecule has 0 spiro atoms. The van der Waals surface area contributed by atoms with Gasteiger partial charge in [-0.3, -0.25) is 4.79 Å². The molecule has 1 N–H and O–H groups in total. The molecule has 0 radical (unpaired) electrons. The van der Waals surface area contributed by atoms with E-state index in [1.807, 2.05) is 31.2 Å². The SMILES string of the molecule is CCOc1ccc(SCC(=O)Nc2ccc(OCC(=O)OC)cc2)cc1. The molecule has 0 saturated heterocycles. The zero-order valence-electron chi connectivity index (χ0n) is 14.7. The van der Waals surface area contributed by atoms with Gasteiger partial charge in [-0.1, -0.05) is 0 Å². The van der Waals surface area contributed by atoms with Crippen LogP contribution in [0.3, 0.4) is 0 Å². The molecule has 0 aliphatic heterocycles. The van der Waals surface area contributed by atoms with Crippen molar-refractivity contribution < 1.29 is 23.8 Å². The maximum absolute atomic E-state index is 12.0. The highest BCUT2D eigenvalue weighted by molar-refractivity contribution is 8.00. The number of rotatable bonds is 9. The lowest BCUT2D eigenvalue weighted by atomic mass is 10.3. The zero-order chi connectivity index (χ0) is 18.8. The predicted molar refractivity (Wildman–Crippen MR) is 101 cm³/mol.